The van der Waals surface area contributed by atoms with E-state index in [0.717, 1.165) is 12.3 Å². The zero-order valence-corrected chi connectivity index (χ0v) is 10.0. The fraction of sp³-hybridized carbons (Fsp3) is 0.455. The number of rotatable bonds is 3. The minimum atomic E-state index is -5.83. The van der Waals surface area contributed by atoms with Crippen LogP contribution in [0, 0.1) is 5.41 Å². The first-order chi connectivity index (χ1) is 9.06. The van der Waals surface area contributed by atoms with E-state index in [2.05, 4.69) is 9.72 Å². The Labute approximate surface area is 109 Å². The summed E-state index contributed by atoms with van der Waals surface area (Å²) in [5, 5.41) is 0. The number of esters is 1. The molecular weight excluding hydrogens is 292 g/mol. The smallest absolute Gasteiger partial charge is 0.407 e. The third-order valence-electron chi connectivity index (χ3n) is 2.68. The van der Waals surface area contributed by atoms with Gasteiger partial charge in [-0.2, -0.15) is 26.3 Å². The maximum Gasteiger partial charge on any atom is 0.413 e. The van der Waals surface area contributed by atoms with Gasteiger partial charge in [-0.05, 0) is 12.5 Å². The molecule has 0 radical (unpaired) electrons. The molecule has 0 fully saturated rings. The number of ether oxygens (including phenoxy) is 1. The largest absolute Gasteiger partial charge is 0.413 e. The van der Waals surface area contributed by atoms with Crippen LogP contribution in [0.25, 0.3) is 0 Å². The Morgan fingerprint density at radius 1 is 1.15 bits per heavy atom. The lowest BCUT2D eigenvalue weighted by molar-refractivity contribution is -0.330. The van der Waals surface area contributed by atoms with Gasteiger partial charge >= 0.3 is 18.3 Å². The highest BCUT2D eigenvalue weighted by Gasteiger charge is 2.75. The molecule has 0 unspecified atom stereocenters. The number of nitrogens with zero attached hydrogens (tertiary/aromatic N) is 1. The molecule has 0 aromatic carbocycles. The summed E-state index contributed by atoms with van der Waals surface area (Å²) < 4.78 is 80.8. The molecule has 0 bridgehead atoms. The lowest BCUT2D eigenvalue weighted by Crippen LogP contribution is -2.56. The molecule has 9 heteroatoms. The van der Waals surface area contributed by atoms with Gasteiger partial charge in [-0.25, -0.2) is 4.98 Å². The fourth-order valence-electron chi connectivity index (χ4n) is 1.53. The van der Waals surface area contributed by atoms with E-state index in [1.165, 1.54) is 12.1 Å². The first kappa shape index (κ1) is 16.3. The molecule has 0 spiro atoms. The van der Waals surface area contributed by atoms with Crippen molar-refractivity contribution in [3.05, 3.63) is 24.4 Å². The van der Waals surface area contributed by atoms with E-state index in [0.29, 0.717) is 6.92 Å². The highest BCUT2D eigenvalue weighted by atomic mass is 19.4. The Morgan fingerprint density at radius 2 is 1.70 bits per heavy atom. The van der Waals surface area contributed by atoms with Crippen LogP contribution >= 0.6 is 0 Å². The van der Waals surface area contributed by atoms with Crippen LogP contribution in [0.3, 0.4) is 0 Å². The summed E-state index contributed by atoms with van der Waals surface area (Å²) in [5.41, 5.74) is -4.57. The molecule has 0 saturated carbocycles. The monoisotopic (exact) mass is 301 g/mol. The number of carbonyl (C=O) groups is 1. The second-order valence-electron chi connectivity index (χ2n) is 3.81. The van der Waals surface area contributed by atoms with Gasteiger partial charge in [0.25, 0.3) is 5.41 Å². The van der Waals surface area contributed by atoms with Gasteiger partial charge in [0.15, 0.2) is 0 Å². The van der Waals surface area contributed by atoms with Crippen molar-refractivity contribution in [1.82, 2.24) is 4.98 Å². The predicted molar refractivity (Wildman–Crippen MR) is 54.7 cm³/mol. The Balaban J connectivity index is 3.22. The van der Waals surface area contributed by atoms with Crippen LogP contribution in [0.2, 0.25) is 0 Å². The van der Waals surface area contributed by atoms with Crippen molar-refractivity contribution in [2.75, 3.05) is 0 Å². The van der Waals surface area contributed by atoms with E-state index < -0.39 is 36.0 Å². The molecule has 1 aromatic rings. The van der Waals surface area contributed by atoms with E-state index in [-0.39, 0.29) is 0 Å². The van der Waals surface area contributed by atoms with Crippen molar-refractivity contribution < 1.29 is 35.9 Å². The Bertz CT molecular complexity index is 454. The third kappa shape index (κ3) is 2.70. The molecule has 0 saturated heterocycles. The van der Waals surface area contributed by atoms with Crippen LogP contribution in [0.5, 0.6) is 5.88 Å². The van der Waals surface area contributed by atoms with E-state index in [4.69, 9.17) is 0 Å². The molecule has 0 aliphatic rings. The lowest BCUT2D eigenvalue weighted by atomic mass is 9.83. The zero-order chi connectivity index (χ0) is 15.6. The summed E-state index contributed by atoms with van der Waals surface area (Å²) >= 11 is 0. The number of alkyl halides is 6. The first-order valence-electron chi connectivity index (χ1n) is 5.33. The average Bonchev–Trinajstić information content (AvgIpc) is 2.27. The van der Waals surface area contributed by atoms with Crippen molar-refractivity contribution >= 4 is 5.97 Å². The molecule has 3 nitrogen and oxygen atoms in total. The lowest BCUT2D eigenvalue weighted by Gasteiger charge is -2.33. The standard InChI is InChI=1S/C11H9F6NO2/c1-2-9(10(12,13)14,11(15,16)17)8(19)20-7-5-3-4-6-18-7/h3-6H,2H2,1H3. The Kier molecular flexibility index (Phi) is 4.30. The van der Waals surface area contributed by atoms with E-state index in [9.17, 15) is 31.1 Å². The SMILES string of the molecule is CCC(C(=O)Oc1ccccn1)(C(F)(F)F)C(F)(F)F. The number of carbonyl (C=O) groups excluding carboxylic acids is 1. The van der Waals surface area contributed by atoms with Crippen LogP contribution in [0.1, 0.15) is 13.3 Å². The molecule has 1 aromatic heterocycles. The van der Waals surface area contributed by atoms with Gasteiger partial charge in [-0.1, -0.05) is 13.0 Å². The molecule has 0 N–H and O–H groups in total. The number of hydrogen-bond acceptors (Lipinski definition) is 3. The number of hydrogen-bond donors (Lipinski definition) is 0. The normalized spacial score (nSPS) is 13.2. The van der Waals surface area contributed by atoms with Crippen LogP contribution in [0.4, 0.5) is 26.3 Å². The van der Waals surface area contributed by atoms with E-state index in [1.54, 1.807) is 0 Å². The zero-order valence-electron chi connectivity index (χ0n) is 10.0. The summed E-state index contributed by atoms with van der Waals surface area (Å²) in [6.45, 7) is 0.612. The maximum atomic E-state index is 12.8. The van der Waals surface area contributed by atoms with Crippen LogP contribution in [0.15, 0.2) is 24.4 Å². The number of pyridine rings is 1. The summed E-state index contributed by atoms with van der Waals surface area (Å²) in [6.07, 6.45) is -12.1. The van der Waals surface area contributed by atoms with E-state index >= 15 is 0 Å². The van der Waals surface area contributed by atoms with Gasteiger partial charge in [0.1, 0.15) is 0 Å². The first-order valence-corrected chi connectivity index (χ1v) is 5.33. The van der Waals surface area contributed by atoms with Crippen LogP contribution < -0.4 is 4.74 Å². The molecule has 0 atom stereocenters. The second-order valence-corrected chi connectivity index (χ2v) is 3.81. The summed E-state index contributed by atoms with van der Waals surface area (Å²) in [6, 6.07) is 3.59. The van der Waals surface area contributed by atoms with Gasteiger partial charge in [0.05, 0.1) is 0 Å². The molecule has 0 aliphatic carbocycles. The molecular formula is C11H9F6NO2. The Hall–Kier alpha value is -1.80. The van der Waals surface area contributed by atoms with Gasteiger partial charge in [-0.3, -0.25) is 4.79 Å². The van der Waals surface area contributed by atoms with Crippen LogP contribution in [-0.4, -0.2) is 23.3 Å². The molecule has 20 heavy (non-hydrogen) atoms. The predicted octanol–water partition coefficient (Wildman–Crippen LogP) is 3.51. The van der Waals surface area contributed by atoms with Crippen molar-refractivity contribution in [3.63, 3.8) is 0 Å². The van der Waals surface area contributed by atoms with E-state index in [1.807, 2.05) is 0 Å². The number of halogens is 6. The van der Waals surface area contributed by atoms with Crippen LogP contribution in [-0.2, 0) is 4.79 Å². The molecule has 112 valence electrons. The quantitative estimate of drug-likeness (QED) is 0.633. The summed E-state index contributed by atoms with van der Waals surface area (Å²) in [4.78, 5) is 14.8. The maximum absolute atomic E-state index is 12.8. The topological polar surface area (TPSA) is 39.2 Å². The van der Waals surface area contributed by atoms with Crippen molar-refractivity contribution in [2.24, 2.45) is 5.41 Å². The summed E-state index contributed by atoms with van der Waals surface area (Å²) in [5.74, 6) is -3.08. The fourth-order valence-corrected chi connectivity index (χ4v) is 1.53. The minimum Gasteiger partial charge on any atom is -0.407 e. The molecule has 0 amide bonds. The van der Waals surface area contributed by atoms with Crippen molar-refractivity contribution in [2.45, 2.75) is 25.7 Å². The highest BCUT2D eigenvalue weighted by molar-refractivity contribution is 5.80. The minimum absolute atomic E-state index is 0.612. The van der Waals surface area contributed by atoms with Gasteiger partial charge in [-0.15, -0.1) is 0 Å². The highest BCUT2D eigenvalue weighted by Crippen LogP contribution is 2.53. The molecule has 1 heterocycles. The molecule has 0 aliphatic heterocycles. The second kappa shape index (κ2) is 5.29. The number of aromatic nitrogens is 1. The third-order valence-corrected chi connectivity index (χ3v) is 2.68. The van der Waals surface area contributed by atoms with Crippen molar-refractivity contribution in [1.29, 1.82) is 0 Å². The van der Waals surface area contributed by atoms with Gasteiger partial charge < -0.3 is 4.74 Å². The molecule has 1 rings (SSSR count). The van der Waals surface area contributed by atoms with Gasteiger partial charge in [0.2, 0.25) is 5.88 Å². The van der Waals surface area contributed by atoms with Gasteiger partial charge in [0, 0.05) is 12.3 Å². The average molecular weight is 301 g/mol. The van der Waals surface area contributed by atoms with Crippen molar-refractivity contribution in [3.8, 4) is 5.88 Å². The summed E-state index contributed by atoms with van der Waals surface area (Å²) in [7, 11) is 0. The Morgan fingerprint density at radius 3 is 2.05 bits per heavy atom.